The van der Waals surface area contributed by atoms with Gasteiger partial charge >= 0.3 is 5.97 Å². The molecule has 0 fully saturated rings. The zero-order chi connectivity index (χ0) is 26.8. The van der Waals surface area contributed by atoms with Crippen molar-refractivity contribution in [2.75, 3.05) is 18.6 Å². The Kier molecular flexibility index (Phi) is 7.12. The van der Waals surface area contributed by atoms with Gasteiger partial charge in [0.05, 0.1) is 29.0 Å². The molecule has 37 heavy (non-hydrogen) atoms. The Morgan fingerprint density at radius 1 is 1.00 bits per heavy atom. The lowest BCUT2D eigenvalue weighted by Gasteiger charge is -2.21. The molecule has 0 saturated carbocycles. The van der Waals surface area contributed by atoms with Crippen LogP contribution in [0.1, 0.15) is 10.4 Å². The summed E-state index contributed by atoms with van der Waals surface area (Å²) in [5.74, 6) is -1.34. The zero-order valence-electron chi connectivity index (χ0n) is 19.6. The van der Waals surface area contributed by atoms with Gasteiger partial charge in [-0.2, -0.15) is 12.8 Å². The molecule has 0 bridgehead atoms. The first-order chi connectivity index (χ1) is 17.6. The fraction of sp³-hybridized carbons (Fsp3) is 0.0833. The Labute approximate surface area is 213 Å². The van der Waals surface area contributed by atoms with E-state index in [2.05, 4.69) is 15.1 Å². The molecule has 192 valence electrons. The summed E-state index contributed by atoms with van der Waals surface area (Å²) in [6, 6.07) is 14.5. The molecule has 1 N–H and O–H groups in total. The second-order valence-corrected chi connectivity index (χ2v) is 11.2. The Morgan fingerprint density at radius 3 is 2.30 bits per heavy atom. The summed E-state index contributed by atoms with van der Waals surface area (Å²) in [6.45, 7) is 0. The first-order valence-corrected chi connectivity index (χ1v) is 13.5. The zero-order valence-corrected chi connectivity index (χ0v) is 21.2. The van der Waals surface area contributed by atoms with E-state index < -0.39 is 31.8 Å². The number of nitrogens with one attached hydrogen (secondary N) is 1. The third-order valence-corrected chi connectivity index (χ3v) is 8.76. The average molecular weight is 545 g/mol. The largest absolute Gasteiger partial charge is 0.465 e. The van der Waals surface area contributed by atoms with E-state index in [9.17, 15) is 26.0 Å². The average Bonchev–Trinajstić information content (AvgIpc) is 3.34. The van der Waals surface area contributed by atoms with Crippen LogP contribution >= 0.6 is 0 Å². The van der Waals surface area contributed by atoms with E-state index in [1.807, 2.05) is 0 Å². The summed E-state index contributed by atoms with van der Waals surface area (Å²) in [4.78, 5) is 15.2. The molecule has 2 heterocycles. The predicted octanol–water partition coefficient (Wildman–Crippen LogP) is 3.04. The first kappa shape index (κ1) is 26.0. The van der Waals surface area contributed by atoms with Gasteiger partial charge < -0.3 is 4.74 Å². The van der Waals surface area contributed by atoms with Gasteiger partial charge in [0.15, 0.2) is 0 Å². The van der Waals surface area contributed by atoms with Crippen LogP contribution in [0.25, 0.3) is 11.3 Å². The summed E-state index contributed by atoms with van der Waals surface area (Å²) in [5, 5.41) is 0. The molecule has 0 aliphatic rings. The minimum Gasteiger partial charge on any atom is -0.465 e. The number of rotatable bonds is 8. The maximum Gasteiger partial charge on any atom is 0.337 e. The summed E-state index contributed by atoms with van der Waals surface area (Å²) < 4.78 is 74.8. The van der Waals surface area contributed by atoms with Crippen LogP contribution in [-0.2, 0) is 24.8 Å². The second kappa shape index (κ2) is 10.1. The molecule has 0 spiro atoms. The molecule has 0 unspecified atom stereocenters. The van der Waals surface area contributed by atoms with Crippen molar-refractivity contribution < 1.29 is 30.8 Å². The number of ether oxygens (including phenoxy) is 1. The highest BCUT2D eigenvalue weighted by Crippen LogP contribution is 2.33. The number of halogens is 1. The second-order valence-electron chi connectivity index (χ2n) is 7.56. The maximum absolute atomic E-state index is 14.8. The molecule has 0 saturated heterocycles. The Morgan fingerprint density at radius 2 is 1.70 bits per heavy atom. The van der Waals surface area contributed by atoms with Crippen LogP contribution in [0.15, 0.2) is 95.1 Å². The van der Waals surface area contributed by atoms with Gasteiger partial charge in [0, 0.05) is 31.2 Å². The van der Waals surface area contributed by atoms with Crippen molar-refractivity contribution >= 4 is 31.7 Å². The first-order valence-electron chi connectivity index (χ1n) is 10.6. The van der Waals surface area contributed by atoms with Crippen molar-refractivity contribution in [1.82, 2.24) is 14.4 Å². The van der Waals surface area contributed by atoms with Crippen LogP contribution in [-0.4, -0.2) is 45.9 Å². The number of nitrogens with zero attached hydrogens (tertiary/aromatic N) is 3. The molecule has 0 atom stereocenters. The Bertz CT molecular complexity index is 1660. The summed E-state index contributed by atoms with van der Waals surface area (Å²) in [6.07, 6.45) is 3.61. The molecule has 4 rings (SSSR count). The lowest BCUT2D eigenvalue weighted by Crippen LogP contribution is -2.40. The minimum absolute atomic E-state index is 0.0582. The predicted molar refractivity (Wildman–Crippen MR) is 133 cm³/mol. The number of hydrogen-bond donors (Lipinski definition) is 1. The van der Waals surface area contributed by atoms with E-state index in [-0.39, 0.29) is 32.3 Å². The van der Waals surface area contributed by atoms with Gasteiger partial charge in [-0.05, 0) is 54.6 Å². The standard InChI is InChI=1S/C24H21FN4O6S2/c1-26-29(37(33,34)19-11-9-17(10-12-19)24(30)35-2)18-14-23(21-7-3-4-8-22(21)25)28(16-18)36(31,32)20-6-5-13-27-15-20/h3-16,26H,1-2H3. The molecular formula is C24H21FN4O6S2. The molecule has 0 amide bonds. The molecule has 2 aromatic carbocycles. The number of hydrogen-bond acceptors (Lipinski definition) is 8. The van der Waals surface area contributed by atoms with Gasteiger partial charge in [-0.1, -0.05) is 12.1 Å². The van der Waals surface area contributed by atoms with Gasteiger partial charge in [0.1, 0.15) is 10.7 Å². The third kappa shape index (κ3) is 4.83. The van der Waals surface area contributed by atoms with E-state index in [0.717, 1.165) is 20.8 Å². The molecule has 10 nitrogen and oxygen atoms in total. The van der Waals surface area contributed by atoms with Crippen LogP contribution < -0.4 is 9.84 Å². The molecule has 13 heteroatoms. The minimum atomic E-state index is -4.30. The van der Waals surface area contributed by atoms with Crippen LogP contribution in [0.5, 0.6) is 0 Å². The van der Waals surface area contributed by atoms with E-state index in [1.165, 1.54) is 87.1 Å². The fourth-order valence-electron chi connectivity index (χ4n) is 3.59. The topological polar surface area (TPSA) is 128 Å². The number of benzene rings is 2. The SMILES string of the molecule is CNN(c1cc(-c2ccccc2F)n(S(=O)(=O)c2cccnc2)c1)S(=O)(=O)c1ccc(C(=O)OC)cc1. The van der Waals surface area contributed by atoms with Crippen molar-refractivity contribution in [1.29, 1.82) is 0 Å². The number of hydrazine groups is 1. The smallest absolute Gasteiger partial charge is 0.337 e. The summed E-state index contributed by atoms with van der Waals surface area (Å²) in [5.41, 5.74) is 2.42. The highest BCUT2D eigenvalue weighted by atomic mass is 32.2. The third-order valence-electron chi connectivity index (χ3n) is 5.36. The molecular weight excluding hydrogens is 523 g/mol. The van der Waals surface area contributed by atoms with Crippen molar-refractivity contribution in [2.45, 2.75) is 9.79 Å². The monoisotopic (exact) mass is 544 g/mol. The number of anilines is 1. The number of carbonyl (C=O) groups excluding carboxylic acids is 1. The van der Waals surface area contributed by atoms with E-state index in [1.54, 1.807) is 0 Å². The van der Waals surface area contributed by atoms with Crippen LogP contribution in [0.2, 0.25) is 0 Å². The van der Waals surface area contributed by atoms with Crippen molar-refractivity contribution in [3.05, 3.63) is 96.7 Å². The van der Waals surface area contributed by atoms with Crippen molar-refractivity contribution in [2.24, 2.45) is 0 Å². The van der Waals surface area contributed by atoms with Gasteiger partial charge in [-0.3, -0.25) is 4.98 Å². The van der Waals surface area contributed by atoms with Crippen LogP contribution in [0.4, 0.5) is 10.1 Å². The number of aromatic nitrogens is 2. The molecule has 0 aliphatic heterocycles. The number of sulfonamides is 1. The van der Waals surface area contributed by atoms with Gasteiger partial charge in [-0.15, -0.1) is 0 Å². The normalized spacial score (nSPS) is 11.8. The summed E-state index contributed by atoms with van der Waals surface area (Å²) in [7, 11) is -6.07. The van der Waals surface area contributed by atoms with Gasteiger partial charge in [0.25, 0.3) is 20.0 Å². The fourth-order valence-corrected chi connectivity index (χ4v) is 6.23. The number of pyridine rings is 1. The highest BCUT2D eigenvalue weighted by molar-refractivity contribution is 7.92. The van der Waals surface area contributed by atoms with Crippen LogP contribution in [0.3, 0.4) is 0 Å². The molecule has 2 aromatic heterocycles. The Balaban J connectivity index is 1.88. The summed E-state index contributed by atoms with van der Waals surface area (Å²) >= 11 is 0. The van der Waals surface area contributed by atoms with E-state index in [4.69, 9.17) is 0 Å². The molecule has 0 aliphatic carbocycles. The molecule has 4 aromatic rings. The number of esters is 1. The maximum atomic E-state index is 14.8. The van der Waals surface area contributed by atoms with Crippen molar-refractivity contribution in [3.8, 4) is 11.3 Å². The van der Waals surface area contributed by atoms with Gasteiger partial charge in [0.2, 0.25) is 0 Å². The highest BCUT2D eigenvalue weighted by Gasteiger charge is 2.30. The van der Waals surface area contributed by atoms with E-state index in [0.29, 0.717) is 0 Å². The molecule has 0 radical (unpaired) electrons. The number of carbonyl (C=O) groups is 1. The Hall–Kier alpha value is -4.07. The van der Waals surface area contributed by atoms with E-state index >= 15 is 0 Å². The quantitative estimate of drug-likeness (QED) is 0.265. The van der Waals surface area contributed by atoms with Gasteiger partial charge in [-0.25, -0.2) is 27.0 Å². The lowest BCUT2D eigenvalue weighted by molar-refractivity contribution is 0.0600. The lowest BCUT2D eigenvalue weighted by atomic mass is 10.1. The number of methoxy groups -OCH3 is 1. The van der Waals surface area contributed by atoms with Crippen molar-refractivity contribution in [3.63, 3.8) is 0 Å². The van der Waals surface area contributed by atoms with Crippen LogP contribution in [0, 0.1) is 5.82 Å².